The number of aromatic nitrogens is 1. The van der Waals surface area contributed by atoms with E-state index in [9.17, 15) is 9.18 Å². The molecule has 1 saturated heterocycles. The molecule has 2 aromatic rings. The van der Waals surface area contributed by atoms with Crippen molar-refractivity contribution in [3.05, 3.63) is 40.9 Å². The predicted octanol–water partition coefficient (Wildman–Crippen LogP) is 2.44. The van der Waals surface area contributed by atoms with Gasteiger partial charge in [-0.05, 0) is 23.4 Å². The fraction of sp³-hybridized carbons (Fsp3) is 0.333. The average Bonchev–Trinajstić information content (AvgIpc) is 3.03. The molecule has 2 heterocycles. The zero-order valence-corrected chi connectivity index (χ0v) is 13.2. The van der Waals surface area contributed by atoms with E-state index in [1.165, 1.54) is 25.3 Å². The highest BCUT2D eigenvalue weighted by Crippen LogP contribution is 2.27. The molecule has 3 rings (SSSR count). The number of hydrogen-bond donors (Lipinski definition) is 0. The fourth-order valence-corrected chi connectivity index (χ4v) is 2.79. The van der Waals surface area contributed by atoms with E-state index in [1.54, 1.807) is 11.0 Å². The van der Waals surface area contributed by atoms with Gasteiger partial charge in [0.2, 0.25) is 5.76 Å². The third-order valence-corrected chi connectivity index (χ3v) is 4.03. The van der Waals surface area contributed by atoms with Gasteiger partial charge >= 0.3 is 0 Å². The lowest BCUT2D eigenvalue weighted by atomic mass is 10.2. The Labute approximate surface area is 137 Å². The van der Waals surface area contributed by atoms with Crippen LogP contribution in [0.3, 0.4) is 0 Å². The van der Waals surface area contributed by atoms with Crippen molar-refractivity contribution in [2.75, 3.05) is 38.2 Å². The van der Waals surface area contributed by atoms with Crippen molar-refractivity contribution in [3.8, 4) is 5.88 Å². The maximum Gasteiger partial charge on any atom is 0.292 e. The molecule has 1 fully saturated rings. The largest absolute Gasteiger partial charge is 0.479 e. The summed E-state index contributed by atoms with van der Waals surface area (Å²) in [6, 6.07) is 5.77. The van der Waals surface area contributed by atoms with Crippen molar-refractivity contribution in [1.82, 2.24) is 10.1 Å². The molecule has 0 saturated carbocycles. The molecule has 0 unspecified atom stereocenters. The van der Waals surface area contributed by atoms with Crippen molar-refractivity contribution in [2.45, 2.75) is 0 Å². The lowest BCUT2D eigenvalue weighted by Gasteiger charge is -2.36. The van der Waals surface area contributed by atoms with E-state index in [0.29, 0.717) is 31.2 Å². The normalized spacial score (nSPS) is 14.9. The second-order valence-electron chi connectivity index (χ2n) is 5.11. The minimum absolute atomic E-state index is 0.148. The highest BCUT2D eigenvalue weighted by atomic mass is 35.5. The van der Waals surface area contributed by atoms with Crippen LogP contribution in [0.2, 0.25) is 5.02 Å². The van der Waals surface area contributed by atoms with Crippen molar-refractivity contribution in [1.29, 1.82) is 0 Å². The third-order valence-electron chi connectivity index (χ3n) is 3.73. The van der Waals surface area contributed by atoms with Gasteiger partial charge in [-0.1, -0.05) is 11.6 Å². The predicted molar refractivity (Wildman–Crippen MR) is 82.6 cm³/mol. The van der Waals surface area contributed by atoms with Crippen LogP contribution >= 0.6 is 11.6 Å². The first-order valence-electron chi connectivity index (χ1n) is 7.08. The summed E-state index contributed by atoms with van der Waals surface area (Å²) in [5.74, 6) is -0.183. The zero-order valence-electron chi connectivity index (χ0n) is 12.5. The van der Waals surface area contributed by atoms with Crippen molar-refractivity contribution >= 4 is 23.2 Å². The van der Waals surface area contributed by atoms with Gasteiger partial charge in [-0.2, -0.15) is 0 Å². The molecule has 1 aromatic heterocycles. The molecule has 0 spiro atoms. The number of benzene rings is 1. The molecule has 23 heavy (non-hydrogen) atoms. The number of ether oxygens (including phenoxy) is 1. The number of carbonyl (C=O) groups excluding carboxylic acids is 1. The molecule has 8 heteroatoms. The van der Waals surface area contributed by atoms with Crippen LogP contribution in [0.25, 0.3) is 0 Å². The molecule has 0 bridgehead atoms. The van der Waals surface area contributed by atoms with Gasteiger partial charge in [0.1, 0.15) is 5.82 Å². The van der Waals surface area contributed by atoms with Crippen LogP contribution in [-0.4, -0.2) is 49.3 Å². The molecule has 1 amide bonds. The summed E-state index contributed by atoms with van der Waals surface area (Å²) >= 11 is 6.08. The first-order valence-corrected chi connectivity index (χ1v) is 7.46. The van der Waals surface area contributed by atoms with Gasteiger partial charge < -0.3 is 19.1 Å². The van der Waals surface area contributed by atoms with Crippen LogP contribution in [0.4, 0.5) is 10.1 Å². The van der Waals surface area contributed by atoms with Gasteiger partial charge in [0.15, 0.2) is 0 Å². The molecule has 6 nitrogen and oxygen atoms in total. The van der Waals surface area contributed by atoms with E-state index in [-0.39, 0.29) is 23.4 Å². The summed E-state index contributed by atoms with van der Waals surface area (Å²) in [4.78, 5) is 16.0. The highest BCUT2D eigenvalue weighted by Gasteiger charge is 2.26. The average molecular weight is 340 g/mol. The topological polar surface area (TPSA) is 58.8 Å². The van der Waals surface area contributed by atoms with Gasteiger partial charge in [0.25, 0.3) is 11.8 Å². The third kappa shape index (κ3) is 3.24. The number of carbonyl (C=O) groups is 1. The summed E-state index contributed by atoms with van der Waals surface area (Å²) in [5.41, 5.74) is 0.765. The van der Waals surface area contributed by atoms with Crippen LogP contribution in [0.15, 0.2) is 28.8 Å². The maximum atomic E-state index is 13.1. The van der Waals surface area contributed by atoms with E-state index in [2.05, 4.69) is 5.16 Å². The fourth-order valence-electron chi connectivity index (χ4n) is 2.50. The molecule has 0 aliphatic carbocycles. The molecule has 0 radical (unpaired) electrons. The lowest BCUT2D eigenvalue weighted by molar-refractivity contribution is 0.0704. The second kappa shape index (κ2) is 6.45. The Morgan fingerprint density at radius 2 is 2.04 bits per heavy atom. The van der Waals surface area contributed by atoms with Gasteiger partial charge in [-0.15, -0.1) is 0 Å². The van der Waals surface area contributed by atoms with Gasteiger partial charge in [0, 0.05) is 26.2 Å². The monoisotopic (exact) mass is 339 g/mol. The second-order valence-corrected chi connectivity index (χ2v) is 5.52. The molecule has 122 valence electrons. The van der Waals surface area contributed by atoms with Crippen molar-refractivity contribution in [3.63, 3.8) is 0 Å². The van der Waals surface area contributed by atoms with Crippen LogP contribution in [0.1, 0.15) is 10.6 Å². The molecule has 1 aliphatic heterocycles. The lowest BCUT2D eigenvalue weighted by Crippen LogP contribution is -2.48. The zero-order chi connectivity index (χ0) is 16.4. The Hall–Kier alpha value is -2.28. The molecule has 0 N–H and O–H groups in total. The van der Waals surface area contributed by atoms with E-state index < -0.39 is 0 Å². The summed E-state index contributed by atoms with van der Waals surface area (Å²) in [7, 11) is 1.46. The number of amides is 1. The molecular weight excluding hydrogens is 325 g/mol. The minimum atomic E-state index is -0.369. The number of nitrogens with zero attached hydrogens (tertiary/aromatic N) is 3. The number of hydrogen-bond acceptors (Lipinski definition) is 5. The number of anilines is 1. The van der Waals surface area contributed by atoms with E-state index in [0.717, 1.165) is 5.69 Å². The quantitative estimate of drug-likeness (QED) is 0.859. The molecular formula is C15H15ClFN3O3. The molecule has 1 aromatic carbocycles. The summed E-state index contributed by atoms with van der Waals surface area (Å²) < 4.78 is 23.0. The van der Waals surface area contributed by atoms with Crippen LogP contribution in [0.5, 0.6) is 5.88 Å². The van der Waals surface area contributed by atoms with Gasteiger partial charge in [-0.3, -0.25) is 4.79 Å². The SMILES string of the molecule is COc1cc(C(=O)N2CCN(c3ccc(F)cc3Cl)CC2)on1. The Morgan fingerprint density at radius 3 is 2.65 bits per heavy atom. The maximum absolute atomic E-state index is 13.1. The van der Waals surface area contributed by atoms with Crippen LogP contribution < -0.4 is 9.64 Å². The highest BCUT2D eigenvalue weighted by molar-refractivity contribution is 6.33. The first kappa shape index (κ1) is 15.6. The number of piperazine rings is 1. The summed E-state index contributed by atoms with van der Waals surface area (Å²) in [6.45, 7) is 2.22. The van der Waals surface area contributed by atoms with Crippen molar-refractivity contribution in [2.24, 2.45) is 0 Å². The Kier molecular flexibility index (Phi) is 4.38. The molecule has 0 atom stereocenters. The van der Waals surface area contributed by atoms with E-state index in [1.807, 2.05) is 4.90 Å². The molecule has 1 aliphatic rings. The van der Waals surface area contributed by atoms with Gasteiger partial charge in [0.05, 0.1) is 23.9 Å². The van der Waals surface area contributed by atoms with Crippen LogP contribution in [-0.2, 0) is 0 Å². The Balaban J connectivity index is 1.65. The van der Waals surface area contributed by atoms with Crippen LogP contribution in [0, 0.1) is 5.82 Å². The van der Waals surface area contributed by atoms with Gasteiger partial charge in [-0.25, -0.2) is 4.39 Å². The van der Waals surface area contributed by atoms with E-state index in [4.69, 9.17) is 20.9 Å². The van der Waals surface area contributed by atoms with Crippen molar-refractivity contribution < 1.29 is 18.4 Å². The standard InChI is InChI=1S/C15H15ClFN3O3/c1-22-14-9-13(23-18-14)15(21)20-6-4-19(5-7-20)12-3-2-10(17)8-11(12)16/h2-3,8-9H,4-7H2,1H3. The summed E-state index contributed by atoms with van der Waals surface area (Å²) in [5, 5.41) is 3.99. The minimum Gasteiger partial charge on any atom is -0.479 e. The van der Waals surface area contributed by atoms with E-state index >= 15 is 0 Å². The Morgan fingerprint density at radius 1 is 1.30 bits per heavy atom. The first-order chi connectivity index (χ1) is 11.1. The summed E-state index contributed by atoms with van der Waals surface area (Å²) in [6.07, 6.45) is 0. The smallest absolute Gasteiger partial charge is 0.292 e. The number of rotatable bonds is 3. The Bertz CT molecular complexity index is 714. The number of halogens is 2. The number of methoxy groups -OCH3 is 1.